The maximum atomic E-state index is 12.0. The van der Waals surface area contributed by atoms with Gasteiger partial charge in [-0.1, -0.05) is 13.8 Å². The molecule has 1 heterocycles. The van der Waals surface area contributed by atoms with E-state index in [4.69, 9.17) is 5.73 Å². The van der Waals surface area contributed by atoms with Gasteiger partial charge in [-0.05, 0) is 19.8 Å². The average Bonchev–Trinajstić information content (AvgIpc) is 2.26. The summed E-state index contributed by atoms with van der Waals surface area (Å²) in [7, 11) is 0. The summed E-state index contributed by atoms with van der Waals surface area (Å²) in [5.41, 5.74) is 4.97. The van der Waals surface area contributed by atoms with Crippen LogP contribution in [0.25, 0.3) is 0 Å². The highest BCUT2D eigenvalue weighted by Gasteiger charge is 2.31. The molecule has 0 bridgehead atoms. The number of carbonyl (C=O) groups is 2. The maximum absolute atomic E-state index is 12.0. The Morgan fingerprint density at radius 2 is 1.56 bits per heavy atom. The summed E-state index contributed by atoms with van der Waals surface area (Å²) < 4.78 is 0. The molecule has 0 aliphatic carbocycles. The van der Waals surface area contributed by atoms with Crippen molar-refractivity contribution < 1.29 is 9.59 Å². The number of nitrogens with two attached hydrogens (primary N) is 1. The summed E-state index contributed by atoms with van der Waals surface area (Å²) in [6.45, 7) is 9.91. The van der Waals surface area contributed by atoms with Crippen molar-refractivity contribution in [2.75, 3.05) is 26.2 Å². The van der Waals surface area contributed by atoms with Crippen LogP contribution in [0.1, 0.15) is 34.1 Å². The van der Waals surface area contributed by atoms with Crippen LogP contribution < -0.4 is 5.73 Å². The molecule has 104 valence electrons. The quantitative estimate of drug-likeness (QED) is 0.796. The van der Waals surface area contributed by atoms with Crippen LogP contribution in [-0.4, -0.2) is 53.3 Å². The van der Waals surface area contributed by atoms with Gasteiger partial charge in [-0.2, -0.15) is 0 Å². The smallest absolute Gasteiger partial charge is 0.242 e. The van der Waals surface area contributed by atoms with Crippen LogP contribution in [-0.2, 0) is 9.59 Å². The van der Waals surface area contributed by atoms with Gasteiger partial charge in [-0.25, -0.2) is 0 Å². The zero-order valence-electron chi connectivity index (χ0n) is 11.9. The summed E-state index contributed by atoms with van der Waals surface area (Å²) in [4.78, 5) is 27.4. The number of carbonyl (C=O) groups excluding carboxylic acids is 2. The lowest BCUT2D eigenvalue weighted by Crippen LogP contribution is -2.57. The van der Waals surface area contributed by atoms with Crippen LogP contribution in [0.5, 0.6) is 0 Å². The molecule has 2 N–H and O–H groups in total. The van der Waals surface area contributed by atoms with E-state index in [2.05, 4.69) is 0 Å². The molecule has 1 fully saturated rings. The first-order valence-corrected chi connectivity index (χ1v) is 6.58. The van der Waals surface area contributed by atoms with Gasteiger partial charge in [0.1, 0.15) is 0 Å². The van der Waals surface area contributed by atoms with Gasteiger partial charge in [0.2, 0.25) is 11.8 Å². The Labute approximate surface area is 109 Å². The van der Waals surface area contributed by atoms with Crippen molar-refractivity contribution in [3.63, 3.8) is 0 Å². The van der Waals surface area contributed by atoms with Crippen molar-refractivity contribution in [3.8, 4) is 0 Å². The Hall–Kier alpha value is -1.10. The van der Waals surface area contributed by atoms with Gasteiger partial charge in [0, 0.05) is 32.6 Å². The van der Waals surface area contributed by atoms with Crippen molar-refractivity contribution >= 4 is 11.8 Å². The molecule has 0 aromatic carbocycles. The molecule has 2 amide bonds. The predicted molar refractivity (Wildman–Crippen MR) is 70.9 cm³/mol. The Morgan fingerprint density at radius 1 is 1.11 bits per heavy atom. The summed E-state index contributed by atoms with van der Waals surface area (Å²) in [5.74, 6) is 0.516. The molecular formula is C13H25N3O2. The van der Waals surface area contributed by atoms with Crippen LogP contribution in [0.2, 0.25) is 0 Å². The van der Waals surface area contributed by atoms with E-state index in [-0.39, 0.29) is 11.8 Å². The Morgan fingerprint density at radius 3 is 1.94 bits per heavy atom. The van der Waals surface area contributed by atoms with Gasteiger partial charge in [0.25, 0.3) is 0 Å². The summed E-state index contributed by atoms with van der Waals surface area (Å²) >= 11 is 0. The lowest BCUT2D eigenvalue weighted by Gasteiger charge is -2.37. The number of hydrogen-bond donors (Lipinski definition) is 1. The van der Waals surface area contributed by atoms with E-state index in [9.17, 15) is 9.59 Å². The van der Waals surface area contributed by atoms with E-state index < -0.39 is 5.54 Å². The summed E-state index contributed by atoms with van der Waals surface area (Å²) in [6, 6.07) is 0. The van der Waals surface area contributed by atoms with Crippen molar-refractivity contribution in [2.45, 2.75) is 39.7 Å². The van der Waals surface area contributed by atoms with Gasteiger partial charge in [-0.3, -0.25) is 9.59 Å². The highest BCUT2D eigenvalue weighted by atomic mass is 16.2. The SMILES string of the molecule is CC(C)CC(=O)N1CCN(C(=O)C(C)(C)N)CC1. The Bertz CT molecular complexity index is 313. The molecule has 1 rings (SSSR count). The molecule has 0 aromatic heterocycles. The second-order valence-corrected chi connectivity index (χ2v) is 5.99. The number of piperazine rings is 1. The molecule has 18 heavy (non-hydrogen) atoms. The normalized spacial score (nSPS) is 17.2. The fourth-order valence-electron chi connectivity index (χ4n) is 2.04. The summed E-state index contributed by atoms with van der Waals surface area (Å²) in [6.07, 6.45) is 0.580. The second-order valence-electron chi connectivity index (χ2n) is 5.99. The number of amides is 2. The van der Waals surface area contributed by atoms with Crippen LogP contribution in [0.4, 0.5) is 0 Å². The Kier molecular flexibility index (Phi) is 4.73. The molecule has 0 unspecified atom stereocenters. The van der Waals surface area contributed by atoms with Crippen molar-refractivity contribution in [1.82, 2.24) is 9.80 Å². The van der Waals surface area contributed by atoms with E-state index in [1.165, 1.54) is 0 Å². The highest BCUT2D eigenvalue weighted by molar-refractivity contribution is 5.85. The van der Waals surface area contributed by atoms with Crippen LogP contribution in [0.3, 0.4) is 0 Å². The third-order valence-corrected chi connectivity index (χ3v) is 3.05. The van der Waals surface area contributed by atoms with E-state index in [1.54, 1.807) is 18.7 Å². The molecule has 1 aliphatic heterocycles. The Balaban J connectivity index is 2.46. The zero-order chi connectivity index (χ0) is 13.9. The van der Waals surface area contributed by atoms with Crippen LogP contribution in [0.15, 0.2) is 0 Å². The summed E-state index contributed by atoms with van der Waals surface area (Å²) in [5, 5.41) is 0. The third kappa shape index (κ3) is 3.98. The minimum atomic E-state index is -0.829. The molecule has 0 aromatic rings. The van der Waals surface area contributed by atoms with E-state index in [0.717, 1.165) is 0 Å². The average molecular weight is 255 g/mol. The van der Waals surface area contributed by atoms with Crippen LogP contribution >= 0.6 is 0 Å². The highest BCUT2D eigenvalue weighted by Crippen LogP contribution is 2.11. The van der Waals surface area contributed by atoms with Gasteiger partial charge in [0.05, 0.1) is 5.54 Å². The van der Waals surface area contributed by atoms with E-state index >= 15 is 0 Å². The third-order valence-electron chi connectivity index (χ3n) is 3.05. The zero-order valence-corrected chi connectivity index (χ0v) is 11.9. The van der Waals surface area contributed by atoms with E-state index in [0.29, 0.717) is 38.5 Å². The first-order chi connectivity index (χ1) is 8.21. The monoisotopic (exact) mass is 255 g/mol. The van der Waals surface area contributed by atoms with Gasteiger partial charge in [0.15, 0.2) is 0 Å². The van der Waals surface area contributed by atoms with Crippen LogP contribution in [0, 0.1) is 5.92 Å². The molecule has 0 saturated carbocycles. The molecule has 0 atom stereocenters. The number of rotatable bonds is 3. The lowest BCUT2D eigenvalue weighted by molar-refractivity contribution is -0.142. The second kappa shape index (κ2) is 5.69. The molecular weight excluding hydrogens is 230 g/mol. The fourth-order valence-corrected chi connectivity index (χ4v) is 2.04. The van der Waals surface area contributed by atoms with Crippen molar-refractivity contribution in [3.05, 3.63) is 0 Å². The maximum Gasteiger partial charge on any atom is 0.242 e. The molecule has 0 radical (unpaired) electrons. The molecule has 0 spiro atoms. The lowest BCUT2D eigenvalue weighted by atomic mass is 10.0. The molecule has 1 saturated heterocycles. The topological polar surface area (TPSA) is 66.6 Å². The molecule has 5 heteroatoms. The standard InChI is InChI=1S/C13H25N3O2/c1-10(2)9-11(17)15-5-7-16(8-6-15)12(18)13(3,4)14/h10H,5-9,14H2,1-4H3. The van der Waals surface area contributed by atoms with Gasteiger partial charge < -0.3 is 15.5 Å². The van der Waals surface area contributed by atoms with Gasteiger partial charge in [-0.15, -0.1) is 0 Å². The molecule has 5 nitrogen and oxygen atoms in total. The molecule has 1 aliphatic rings. The minimum absolute atomic E-state index is 0.0431. The first kappa shape index (κ1) is 15.0. The largest absolute Gasteiger partial charge is 0.339 e. The number of hydrogen-bond acceptors (Lipinski definition) is 3. The van der Waals surface area contributed by atoms with Gasteiger partial charge >= 0.3 is 0 Å². The predicted octanol–water partition coefficient (Wildman–Crippen LogP) is 0.441. The first-order valence-electron chi connectivity index (χ1n) is 6.58. The van der Waals surface area contributed by atoms with E-state index in [1.807, 2.05) is 18.7 Å². The minimum Gasteiger partial charge on any atom is -0.339 e. The van der Waals surface area contributed by atoms with Crippen molar-refractivity contribution in [1.29, 1.82) is 0 Å². The number of nitrogens with zero attached hydrogens (tertiary/aromatic N) is 2. The van der Waals surface area contributed by atoms with Crippen molar-refractivity contribution in [2.24, 2.45) is 11.7 Å². The fraction of sp³-hybridized carbons (Fsp3) is 0.846.